The van der Waals surface area contributed by atoms with E-state index < -0.39 is 10.0 Å². The molecule has 0 saturated carbocycles. The third-order valence-electron chi connectivity index (χ3n) is 4.69. The van der Waals surface area contributed by atoms with Crippen LogP contribution in [0, 0.1) is 5.92 Å². The van der Waals surface area contributed by atoms with E-state index in [4.69, 9.17) is 9.88 Å². The Morgan fingerprint density at radius 2 is 2.07 bits per heavy atom. The molecule has 0 spiro atoms. The average molecular weight is 565 g/mol. The summed E-state index contributed by atoms with van der Waals surface area (Å²) in [4.78, 5) is 7.80. The third kappa shape index (κ3) is 7.49. The van der Waals surface area contributed by atoms with Crippen molar-refractivity contribution in [1.82, 2.24) is 10.2 Å². The van der Waals surface area contributed by atoms with Gasteiger partial charge >= 0.3 is 0 Å². The monoisotopic (exact) mass is 564 g/mol. The lowest BCUT2D eigenvalue weighted by Gasteiger charge is -2.21. The van der Waals surface area contributed by atoms with Crippen LogP contribution in [0.15, 0.2) is 51.7 Å². The highest BCUT2D eigenvalue weighted by molar-refractivity contribution is 14.0. The SMILES string of the molecule is CCNC(=NCc1ccc(S(N)(=O)=O)s1)N1CCC(COCc2ccccc2)C1.I. The molecule has 3 N–H and O–H groups in total. The number of nitrogens with zero attached hydrogens (tertiary/aromatic N) is 2. The first kappa shape index (κ1) is 25.1. The average Bonchev–Trinajstić information content (AvgIpc) is 3.36. The molecule has 3 rings (SSSR count). The van der Waals surface area contributed by atoms with Gasteiger partial charge in [-0.15, -0.1) is 35.3 Å². The maximum Gasteiger partial charge on any atom is 0.247 e. The number of benzene rings is 1. The number of ether oxygens (including phenoxy) is 1. The van der Waals surface area contributed by atoms with Gasteiger partial charge in [0.2, 0.25) is 10.0 Å². The fourth-order valence-electron chi connectivity index (χ4n) is 3.25. The number of thiophene rings is 1. The number of guanidine groups is 1. The number of rotatable bonds is 8. The number of likely N-dealkylation sites (tertiary alicyclic amines) is 1. The molecule has 1 aliphatic heterocycles. The molecular weight excluding hydrogens is 535 g/mol. The highest BCUT2D eigenvalue weighted by Gasteiger charge is 2.25. The molecule has 7 nitrogen and oxygen atoms in total. The Kier molecular flexibility index (Phi) is 10.0. The Bertz CT molecular complexity index is 919. The fraction of sp³-hybridized carbons (Fsp3) is 0.450. The van der Waals surface area contributed by atoms with Crippen LogP contribution in [-0.4, -0.2) is 45.5 Å². The summed E-state index contributed by atoms with van der Waals surface area (Å²) in [6.45, 7) is 6.43. The normalized spacial score (nSPS) is 17.1. The minimum absolute atomic E-state index is 0. The van der Waals surface area contributed by atoms with Crippen molar-refractivity contribution in [3.8, 4) is 0 Å². The molecule has 0 amide bonds. The number of primary sulfonamides is 1. The summed E-state index contributed by atoms with van der Waals surface area (Å²) in [5.41, 5.74) is 1.19. The summed E-state index contributed by atoms with van der Waals surface area (Å²) in [6, 6.07) is 13.5. The maximum atomic E-state index is 11.4. The Labute approximate surface area is 199 Å². The van der Waals surface area contributed by atoms with Gasteiger partial charge in [0.1, 0.15) is 4.21 Å². The van der Waals surface area contributed by atoms with Gasteiger partial charge in [-0.1, -0.05) is 30.3 Å². The Balaban J connectivity index is 0.00000320. The van der Waals surface area contributed by atoms with Crippen LogP contribution in [0.1, 0.15) is 23.8 Å². The number of nitrogens with one attached hydrogen (secondary N) is 1. The Hall–Kier alpha value is -1.21. The predicted octanol–water partition coefficient (Wildman–Crippen LogP) is 3.02. The highest BCUT2D eigenvalue weighted by atomic mass is 127. The van der Waals surface area contributed by atoms with Gasteiger partial charge in [0.25, 0.3) is 0 Å². The van der Waals surface area contributed by atoms with Gasteiger partial charge in [-0.2, -0.15) is 0 Å². The van der Waals surface area contributed by atoms with Crippen LogP contribution in [-0.2, 0) is 27.9 Å². The summed E-state index contributed by atoms with van der Waals surface area (Å²) >= 11 is 1.17. The molecule has 1 aromatic heterocycles. The number of sulfonamides is 1. The van der Waals surface area contributed by atoms with E-state index in [0.29, 0.717) is 19.1 Å². The standard InChI is InChI=1S/C20H28N4O3S2.HI/c1-2-22-20(23-12-18-8-9-19(28-18)29(21,25)26)24-11-10-17(13-24)15-27-14-16-6-4-3-5-7-16;/h3-9,17H,2,10-15H2,1H3,(H,22,23)(H2,21,25,26);1H. The van der Waals surface area contributed by atoms with Gasteiger partial charge < -0.3 is 15.0 Å². The summed E-state index contributed by atoms with van der Waals surface area (Å²) in [5.74, 6) is 1.32. The predicted molar refractivity (Wildman–Crippen MR) is 132 cm³/mol. The van der Waals surface area contributed by atoms with Crippen LogP contribution < -0.4 is 10.5 Å². The molecule has 1 saturated heterocycles. The quantitative estimate of drug-likeness (QED) is 0.292. The number of halogens is 1. The number of hydrogen-bond donors (Lipinski definition) is 2. The minimum Gasteiger partial charge on any atom is -0.376 e. The van der Waals surface area contributed by atoms with Crippen LogP contribution in [0.5, 0.6) is 0 Å². The molecule has 0 bridgehead atoms. The van der Waals surface area contributed by atoms with E-state index in [9.17, 15) is 8.42 Å². The lowest BCUT2D eigenvalue weighted by Crippen LogP contribution is -2.40. The smallest absolute Gasteiger partial charge is 0.247 e. The van der Waals surface area contributed by atoms with Crippen molar-refractivity contribution >= 4 is 51.3 Å². The van der Waals surface area contributed by atoms with Crippen LogP contribution in [0.3, 0.4) is 0 Å². The molecule has 1 aromatic carbocycles. The van der Waals surface area contributed by atoms with Crippen molar-refractivity contribution < 1.29 is 13.2 Å². The van der Waals surface area contributed by atoms with Crippen molar-refractivity contribution in [3.05, 3.63) is 52.9 Å². The molecule has 1 fully saturated rings. The van der Waals surface area contributed by atoms with Crippen molar-refractivity contribution in [2.75, 3.05) is 26.2 Å². The molecule has 166 valence electrons. The first-order valence-electron chi connectivity index (χ1n) is 9.72. The summed E-state index contributed by atoms with van der Waals surface area (Å²) in [7, 11) is -3.65. The first-order chi connectivity index (χ1) is 14.0. The number of aliphatic imine (C=N–C) groups is 1. The highest BCUT2D eigenvalue weighted by Crippen LogP contribution is 2.22. The third-order valence-corrected chi connectivity index (χ3v) is 7.20. The molecule has 2 aromatic rings. The van der Waals surface area contributed by atoms with Gasteiger partial charge in [-0.3, -0.25) is 0 Å². The lowest BCUT2D eigenvalue weighted by atomic mass is 10.1. The topological polar surface area (TPSA) is 97.0 Å². The van der Waals surface area contributed by atoms with Crippen molar-refractivity contribution in [2.24, 2.45) is 16.0 Å². The number of hydrogen-bond acceptors (Lipinski definition) is 5. The molecule has 0 aliphatic carbocycles. The van der Waals surface area contributed by atoms with Crippen LogP contribution in [0.4, 0.5) is 0 Å². The van der Waals surface area contributed by atoms with Crippen molar-refractivity contribution in [2.45, 2.75) is 30.7 Å². The first-order valence-corrected chi connectivity index (χ1v) is 12.1. The zero-order valence-electron chi connectivity index (χ0n) is 17.0. The zero-order valence-corrected chi connectivity index (χ0v) is 21.0. The molecule has 1 atom stereocenters. The van der Waals surface area contributed by atoms with Gasteiger partial charge in [0.05, 0.1) is 19.8 Å². The summed E-state index contributed by atoms with van der Waals surface area (Å²) in [5, 5.41) is 8.51. The van der Waals surface area contributed by atoms with Crippen molar-refractivity contribution in [1.29, 1.82) is 0 Å². The van der Waals surface area contributed by atoms with Crippen LogP contribution >= 0.6 is 35.3 Å². The fourth-order valence-corrected chi connectivity index (χ4v) is 4.96. The minimum atomic E-state index is -3.65. The molecule has 1 unspecified atom stereocenters. The molecular formula is C20H29IN4O3S2. The molecule has 30 heavy (non-hydrogen) atoms. The largest absolute Gasteiger partial charge is 0.376 e. The Morgan fingerprint density at radius 3 is 2.73 bits per heavy atom. The summed E-state index contributed by atoms with van der Waals surface area (Å²) < 4.78 is 28.9. The Morgan fingerprint density at radius 1 is 1.30 bits per heavy atom. The zero-order chi connectivity index (χ0) is 20.7. The number of nitrogens with two attached hydrogens (primary N) is 1. The second kappa shape index (κ2) is 12.0. The van der Waals surface area contributed by atoms with Gasteiger partial charge in [-0.05, 0) is 31.0 Å². The van der Waals surface area contributed by atoms with Crippen molar-refractivity contribution in [3.63, 3.8) is 0 Å². The van der Waals surface area contributed by atoms with E-state index in [1.807, 2.05) is 25.1 Å². The molecule has 1 aliphatic rings. The maximum absolute atomic E-state index is 11.4. The van der Waals surface area contributed by atoms with Gasteiger partial charge in [0.15, 0.2) is 5.96 Å². The van der Waals surface area contributed by atoms with E-state index >= 15 is 0 Å². The molecule has 10 heteroatoms. The molecule has 0 radical (unpaired) electrons. The van der Waals surface area contributed by atoms with Crippen LogP contribution in [0.2, 0.25) is 0 Å². The van der Waals surface area contributed by atoms with E-state index in [1.54, 1.807) is 6.07 Å². The second-order valence-corrected chi connectivity index (χ2v) is 9.99. The van der Waals surface area contributed by atoms with Gasteiger partial charge in [-0.25, -0.2) is 18.5 Å². The van der Waals surface area contributed by atoms with E-state index in [2.05, 4.69) is 27.3 Å². The molecule has 2 heterocycles. The van der Waals surface area contributed by atoms with Gasteiger partial charge in [0, 0.05) is 30.4 Å². The van der Waals surface area contributed by atoms with E-state index in [0.717, 1.165) is 43.5 Å². The van der Waals surface area contributed by atoms with E-state index in [-0.39, 0.29) is 28.2 Å². The van der Waals surface area contributed by atoms with E-state index in [1.165, 1.54) is 23.0 Å². The summed E-state index contributed by atoms with van der Waals surface area (Å²) in [6.07, 6.45) is 1.06. The lowest BCUT2D eigenvalue weighted by molar-refractivity contribution is 0.0906. The van der Waals surface area contributed by atoms with Crippen LogP contribution in [0.25, 0.3) is 0 Å². The second-order valence-electron chi connectivity index (χ2n) is 7.04.